The number of imidazole rings is 1. The number of carbonyl (C=O) groups is 2. The Kier molecular flexibility index (Phi) is 11.7. The fourth-order valence-corrected chi connectivity index (χ4v) is 7.43. The van der Waals surface area contributed by atoms with Crippen molar-refractivity contribution in [2.24, 2.45) is 5.73 Å². The van der Waals surface area contributed by atoms with E-state index in [0.29, 0.717) is 62.7 Å². The number of hydrogen-bond acceptors (Lipinski definition) is 7. The molecule has 0 radical (unpaired) electrons. The van der Waals surface area contributed by atoms with Crippen LogP contribution >= 0.6 is 34.8 Å². The van der Waals surface area contributed by atoms with E-state index in [9.17, 15) is 9.59 Å². The topological polar surface area (TPSA) is 125 Å². The lowest BCUT2D eigenvalue weighted by atomic mass is 9.89. The van der Waals surface area contributed by atoms with Gasteiger partial charge < -0.3 is 30.0 Å². The molecule has 268 valence electrons. The van der Waals surface area contributed by atoms with E-state index in [1.165, 1.54) is 0 Å². The molecule has 50 heavy (non-hydrogen) atoms. The number of benzene rings is 2. The van der Waals surface area contributed by atoms with Gasteiger partial charge in [-0.25, -0.2) is 14.8 Å². The number of fused-ring (bicyclic) bond motifs is 1. The summed E-state index contributed by atoms with van der Waals surface area (Å²) in [5.74, 6) is -0.230. The van der Waals surface area contributed by atoms with E-state index in [0.717, 1.165) is 24.4 Å². The molecule has 1 saturated heterocycles. The maximum atomic E-state index is 13.2. The number of primary amides is 1. The number of nitrogens with two attached hydrogens (primary N) is 1. The highest BCUT2D eigenvalue weighted by atomic mass is 35.5. The molecule has 0 unspecified atom stereocenters. The van der Waals surface area contributed by atoms with E-state index in [1.807, 2.05) is 39.0 Å². The number of carbonyl (C=O) groups excluding carboxylic acids is 2. The molecular formula is C36H45Cl3N6O4Si. The van der Waals surface area contributed by atoms with Crippen LogP contribution in [-0.2, 0) is 22.6 Å². The maximum absolute atomic E-state index is 13.2. The van der Waals surface area contributed by atoms with Crippen LogP contribution in [0.15, 0.2) is 42.7 Å². The van der Waals surface area contributed by atoms with Gasteiger partial charge in [-0.1, -0.05) is 66.6 Å². The second-order valence-electron chi connectivity index (χ2n) is 14.9. The number of nitrogens with zero attached hydrogens (tertiary/aromatic N) is 4. The molecule has 0 aliphatic carbocycles. The van der Waals surface area contributed by atoms with Crippen LogP contribution in [0.2, 0.25) is 40.8 Å². The second-order valence-corrected chi connectivity index (χ2v) is 21.7. The van der Waals surface area contributed by atoms with E-state index in [1.54, 1.807) is 34.0 Å². The van der Waals surface area contributed by atoms with Gasteiger partial charge in [-0.15, -0.1) is 0 Å². The van der Waals surface area contributed by atoms with E-state index < -0.39 is 19.6 Å². The van der Waals surface area contributed by atoms with Gasteiger partial charge in [0.2, 0.25) is 0 Å². The number of amides is 2. The normalized spacial score (nSPS) is 14.3. The first-order valence-corrected chi connectivity index (χ1v) is 21.6. The van der Waals surface area contributed by atoms with E-state index >= 15 is 0 Å². The number of ether oxygens (including phenoxy) is 2. The van der Waals surface area contributed by atoms with E-state index in [2.05, 4.69) is 29.9 Å². The predicted octanol–water partition coefficient (Wildman–Crippen LogP) is 9.25. The van der Waals surface area contributed by atoms with Crippen LogP contribution in [0.25, 0.3) is 11.0 Å². The Hall–Kier alpha value is -3.35. The quantitative estimate of drug-likeness (QED) is 0.115. The standard InChI is InChI=1S/C36H45Cl3N6O4Si/c1-36(2,3)49-35(47)44-14-12-22(13-15-44)23-10-11-28(27(39)18-23)42-34-30(33(40)46)32-31(41-20-45(32)21-48-16-17-50(4,5)6)29(43-34)19-24-25(37)8-7-9-26(24)38/h7-11,18,20,22H,12-17,19,21H2,1-6H3,(H2,40,46)(H,42,43). The molecule has 1 aliphatic heterocycles. The van der Waals surface area contributed by atoms with Crippen molar-refractivity contribution in [2.75, 3.05) is 25.0 Å². The number of hydrogen-bond donors (Lipinski definition) is 2. The summed E-state index contributed by atoms with van der Waals surface area (Å²) in [5.41, 5.74) is 9.49. The van der Waals surface area contributed by atoms with Gasteiger partial charge >= 0.3 is 6.09 Å². The highest BCUT2D eigenvalue weighted by molar-refractivity contribution is 6.76. The van der Waals surface area contributed by atoms with Crippen molar-refractivity contribution in [3.05, 3.63) is 80.2 Å². The summed E-state index contributed by atoms with van der Waals surface area (Å²) in [7, 11) is -1.32. The van der Waals surface area contributed by atoms with Gasteiger partial charge in [0, 0.05) is 44.2 Å². The lowest BCUT2D eigenvalue weighted by Gasteiger charge is -2.33. The number of anilines is 2. The largest absolute Gasteiger partial charge is 0.444 e. The lowest BCUT2D eigenvalue weighted by Crippen LogP contribution is -2.41. The number of pyridine rings is 1. The number of likely N-dealkylation sites (tertiary alicyclic amines) is 1. The smallest absolute Gasteiger partial charge is 0.410 e. The van der Waals surface area contributed by atoms with E-state index in [-0.39, 0.29) is 36.5 Å². The van der Waals surface area contributed by atoms with Gasteiger partial charge in [0.25, 0.3) is 5.91 Å². The highest BCUT2D eigenvalue weighted by Crippen LogP contribution is 2.37. The Morgan fingerprint density at radius 3 is 2.32 bits per heavy atom. The van der Waals surface area contributed by atoms with E-state index in [4.69, 9.17) is 55.0 Å². The van der Waals surface area contributed by atoms with Crippen molar-refractivity contribution < 1.29 is 19.1 Å². The van der Waals surface area contributed by atoms with Gasteiger partial charge in [-0.2, -0.15) is 0 Å². The second kappa shape index (κ2) is 15.5. The predicted molar refractivity (Wildman–Crippen MR) is 204 cm³/mol. The minimum atomic E-state index is -1.32. The first-order valence-electron chi connectivity index (χ1n) is 16.7. The molecule has 1 fully saturated rings. The van der Waals surface area contributed by atoms with Gasteiger partial charge in [0.05, 0.1) is 28.2 Å². The zero-order chi connectivity index (χ0) is 36.4. The third-order valence-corrected chi connectivity index (χ3v) is 11.3. The summed E-state index contributed by atoms with van der Waals surface area (Å²) in [4.78, 5) is 37.0. The van der Waals surface area contributed by atoms with Crippen LogP contribution in [0, 0.1) is 0 Å². The van der Waals surface area contributed by atoms with Crippen molar-refractivity contribution in [1.82, 2.24) is 19.4 Å². The Morgan fingerprint density at radius 1 is 1.04 bits per heavy atom. The molecule has 14 heteroatoms. The number of piperidine rings is 1. The molecule has 0 bridgehead atoms. The summed E-state index contributed by atoms with van der Waals surface area (Å²) >= 11 is 20.0. The molecule has 5 rings (SSSR count). The number of rotatable bonds is 11. The van der Waals surface area contributed by atoms with Gasteiger partial charge in [-0.05, 0) is 81.0 Å². The molecule has 3 heterocycles. The molecule has 0 saturated carbocycles. The average Bonchev–Trinajstić information content (AvgIpc) is 3.44. The van der Waals surface area contributed by atoms with Gasteiger partial charge in [-0.3, -0.25) is 4.79 Å². The molecular weight excluding hydrogens is 715 g/mol. The minimum Gasteiger partial charge on any atom is -0.444 e. The number of halogens is 3. The van der Waals surface area contributed by atoms with Crippen LogP contribution in [0.5, 0.6) is 0 Å². The SMILES string of the molecule is CC(C)(C)OC(=O)N1CCC(c2ccc(Nc3nc(Cc4c(Cl)cccc4Cl)c4ncn(COCC[Si](C)(C)C)c4c3C(N)=O)c(Cl)c2)CC1. The molecule has 4 aromatic rings. The third-order valence-electron chi connectivity index (χ3n) is 8.57. The Labute approximate surface area is 309 Å². The number of nitrogens with one attached hydrogen (secondary N) is 1. The molecule has 2 aromatic heterocycles. The molecule has 1 aliphatic rings. The summed E-state index contributed by atoms with van der Waals surface area (Å²) in [5, 5.41) is 4.73. The molecule has 2 amide bonds. The van der Waals surface area contributed by atoms with Crippen LogP contribution in [0.4, 0.5) is 16.3 Å². The first kappa shape index (κ1) is 37.9. The third kappa shape index (κ3) is 9.30. The van der Waals surface area contributed by atoms with Crippen LogP contribution < -0.4 is 11.1 Å². The van der Waals surface area contributed by atoms with Crippen molar-refractivity contribution in [1.29, 1.82) is 0 Å². The zero-order valence-corrected chi connectivity index (χ0v) is 32.7. The van der Waals surface area contributed by atoms with Crippen molar-refractivity contribution >= 4 is 77.4 Å². The average molecular weight is 760 g/mol. The lowest BCUT2D eigenvalue weighted by molar-refractivity contribution is 0.0204. The van der Waals surface area contributed by atoms with Crippen LogP contribution in [0.1, 0.15) is 66.7 Å². The molecule has 0 atom stereocenters. The monoisotopic (exact) mass is 758 g/mol. The fourth-order valence-electron chi connectivity index (χ4n) is 5.90. The van der Waals surface area contributed by atoms with Crippen molar-refractivity contribution in [2.45, 2.75) is 84.0 Å². The zero-order valence-electron chi connectivity index (χ0n) is 29.4. The Bertz CT molecular complexity index is 1860. The van der Waals surface area contributed by atoms with Crippen LogP contribution in [0.3, 0.4) is 0 Å². The summed E-state index contributed by atoms with van der Waals surface area (Å²) in [6.07, 6.45) is 3.16. The number of aromatic nitrogens is 3. The summed E-state index contributed by atoms with van der Waals surface area (Å²) in [6, 6.07) is 12.1. The maximum Gasteiger partial charge on any atom is 0.410 e. The minimum absolute atomic E-state index is 0.162. The van der Waals surface area contributed by atoms with Crippen molar-refractivity contribution in [3.8, 4) is 0 Å². The Morgan fingerprint density at radius 2 is 1.72 bits per heavy atom. The molecule has 0 spiro atoms. The summed E-state index contributed by atoms with van der Waals surface area (Å²) in [6.45, 7) is 14.4. The Balaban J connectivity index is 1.46. The van der Waals surface area contributed by atoms with Gasteiger partial charge in [0.15, 0.2) is 0 Å². The molecule has 3 N–H and O–H groups in total. The first-order chi connectivity index (χ1) is 23.5. The van der Waals surface area contributed by atoms with Gasteiger partial charge in [0.1, 0.15) is 29.2 Å². The fraction of sp³-hybridized carbons (Fsp3) is 0.444. The summed E-state index contributed by atoms with van der Waals surface area (Å²) < 4.78 is 13.4. The van der Waals surface area contributed by atoms with Crippen molar-refractivity contribution in [3.63, 3.8) is 0 Å². The molecule has 2 aromatic carbocycles. The molecule has 10 nitrogen and oxygen atoms in total. The van der Waals surface area contributed by atoms with Crippen LogP contribution in [-0.4, -0.2) is 64.8 Å². The highest BCUT2D eigenvalue weighted by Gasteiger charge is 2.29.